The van der Waals surface area contributed by atoms with Crippen LogP contribution in [0.1, 0.15) is 67.8 Å². The second-order valence-electron chi connectivity index (χ2n) is 10.9. The molecule has 2 fully saturated rings. The van der Waals surface area contributed by atoms with E-state index in [1.807, 2.05) is 13.8 Å². The largest absolute Gasteiger partial charge is 0.369 e. The molecule has 1 unspecified atom stereocenters. The van der Waals surface area contributed by atoms with Crippen LogP contribution in [0.3, 0.4) is 0 Å². The van der Waals surface area contributed by atoms with Crippen molar-refractivity contribution in [2.45, 2.75) is 64.8 Å². The van der Waals surface area contributed by atoms with Gasteiger partial charge >= 0.3 is 0 Å². The van der Waals surface area contributed by atoms with Gasteiger partial charge in [0.1, 0.15) is 0 Å². The normalized spacial score (nSPS) is 22.9. The Morgan fingerprint density at radius 2 is 1.22 bits per heavy atom. The Labute approximate surface area is 221 Å². The number of benzene rings is 2. The van der Waals surface area contributed by atoms with Gasteiger partial charge in [0, 0.05) is 64.1 Å². The van der Waals surface area contributed by atoms with Crippen molar-refractivity contribution in [3.63, 3.8) is 0 Å². The Kier molecular flexibility index (Phi) is 10.3. The molecule has 2 saturated heterocycles. The smallest absolute Gasteiger partial charge is 0.0402 e. The number of aryl methyl sites for hydroxylation is 2. The van der Waals surface area contributed by atoms with E-state index in [4.69, 9.17) is 0 Å². The van der Waals surface area contributed by atoms with Gasteiger partial charge in [0.05, 0.1) is 0 Å². The van der Waals surface area contributed by atoms with E-state index in [0.717, 1.165) is 0 Å². The van der Waals surface area contributed by atoms with E-state index in [0.29, 0.717) is 6.04 Å². The van der Waals surface area contributed by atoms with Crippen LogP contribution in [0.15, 0.2) is 42.5 Å². The number of rotatable bonds is 2. The predicted molar refractivity (Wildman–Crippen MR) is 155 cm³/mol. The number of hydrogen-bond donors (Lipinski definition) is 0. The van der Waals surface area contributed by atoms with Gasteiger partial charge in [-0.05, 0) is 87.4 Å². The van der Waals surface area contributed by atoms with Gasteiger partial charge in [-0.1, -0.05) is 50.2 Å². The summed E-state index contributed by atoms with van der Waals surface area (Å²) < 4.78 is 0. The Hall–Kier alpha value is -1.88. The lowest BCUT2D eigenvalue weighted by atomic mass is 9.86. The molecule has 0 N–H and O–H groups in total. The zero-order valence-corrected chi connectivity index (χ0v) is 23.5. The fourth-order valence-electron chi connectivity index (χ4n) is 6.35. The molecule has 0 spiro atoms. The van der Waals surface area contributed by atoms with E-state index >= 15 is 0 Å². The van der Waals surface area contributed by atoms with Gasteiger partial charge < -0.3 is 14.7 Å². The summed E-state index contributed by atoms with van der Waals surface area (Å²) in [5.74, 6) is 0. The molecule has 0 saturated carbocycles. The summed E-state index contributed by atoms with van der Waals surface area (Å²) in [6.45, 7) is 13.7. The van der Waals surface area contributed by atoms with E-state index in [9.17, 15) is 0 Å². The second-order valence-corrected chi connectivity index (χ2v) is 10.9. The zero-order valence-electron chi connectivity index (χ0n) is 23.5. The van der Waals surface area contributed by atoms with Crippen LogP contribution in [0.4, 0.5) is 5.69 Å². The first kappa shape index (κ1) is 27.2. The van der Waals surface area contributed by atoms with Crippen molar-refractivity contribution in [2.75, 3.05) is 71.4 Å². The monoisotopic (exact) mass is 490 g/mol. The lowest BCUT2D eigenvalue weighted by Gasteiger charge is -2.40. The van der Waals surface area contributed by atoms with Crippen molar-refractivity contribution in [1.82, 2.24) is 14.7 Å². The summed E-state index contributed by atoms with van der Waals surface area (Å²) in [4.78, 5) is 10.1. The number of nitrogens with zero attached hydrogens (tertiary/aromatic N) is 4. The topological polar surface area (TPSA) is 13.0 Å². The van der Waals surface area contributed by atoms with Crippen molar-refractivity contribution < 1.29 is 0 Å². The number of anilines is 1. The third-order valence-corrected chi connectivity index (χ3v) is 8.53. The van der Waals surface area contributed by atoms with Gasteiger partial charge in [-0.25, -0.2) is 0 Å². The molecule has 198 valence electrons. The van der Waals surface area contributed by atoms with Crippen molar-refractivity contribution in [3.05, 3.63) is 64.7 Å². The molecule has 2 heterocycles. The maximum atomic E-state index is 2.69. The average Bonchev–Trinajstić information content (AvgIpc) is 2.95. The highest BCUT2D eigenvalue weighted by Crippen LogP contribution is 2.34. The van der Waals surface area contributed by atoms with Gasteiger partial charge in [-0.3, -0.25) is 4.90 Å². The molecule has 4 aliphatic rings. The summed E-state index contributed by atoms with van der Waals surface area (Å²) in [5, 5.41) is 0. The molecule has 0 radical (unpaired) electrons. The van der Waals surface area contributed by atoms with E-state index in [2.05, 4.69) is 76.2 Å². The van der Waals surface area contributed by atoms with Crippen LogP contribution in [0.5, 0.6) is 0 Å². The second kappa shape index (κ2) is 13.6. The average molecular weight is 491 g/mol. The highest BCUT2D eigenvalue weighted by atomic mass is 15.3. The molecular weight excluding hydrogens is 440 g/mol. The fraction of sp³-hybridized carbons (Fsp3) is 0.625. The molecule has 0 aromatic heterocycles. The summed E-state index contributed by atoms with van der Waals surface area (Å²) in [7, 11) is 4.45. The lowest BCUT2D eigenvalue weighted by Crippen LogP contribution is -2.46. The van der Waals surface area contributed by atoms with E-state index in [1.54, 1.807) is 22.3 Å². The summed E-state index contributed by atoms with van der Waals surface area (Å²) >= 11 is 0. The number of hydrogen-bond acceptors (Lipinski definition) is 4. The molecule has 2 aromatic carbocycles. The van der Waals surface area contributed by atoms with Crippen molar-refractivity contribution in [1.29, 1.82) is 0 Å². The van der Waals surface area contributed by atoms with Gasteiger partial charge in [-0.15, -0.1) is 0 Å². The Balaban J connectivity index is 0.000000158. The predicted octanol–water partition coefficient (Wildman–Crippen LogP) is 5.65. The van der Waals surface area contributed by atoms with Crippen molar-refractivity contribution in [2.24, 2.45) is 0 Å². The minimum Gasteiger partial charge on any atom is -0.369 e. The lowest BCUT2D eigenvalue weighted by molar-refractivity contribution is 0.102. The maximum Gasteiger partial charge on any atom is 0.0402 e. The molecule has 4 heteroatoms. The molecule has 6 rings (SSSR count). The molecule has 0 bridgehead atoms. The zero-order chi connectivity index (χ0) is 25.3. The van der Waals surface area contributed by atoms with Crippen molar-refractivity contribution in [3.8, 4) is 0 Å². The van der Waals surface area contributed by atoms with E-state index < -0.39 is 0 Å². The number of piperazine rings is 2. The molecule has 2 aromatic rings. The first-order valence-corrected chi connectivity index (χ1v) is 14.7. The van der Waals surface area contributed by atoms with Crippen LogP contribution in [0, 0.1) is 0 Å². The Morgan fingerprint density at radius 1 is 0.611 bits per heavy atom. The van der Waals surface area contributed by atoms with E-state index in [-0.39, 0.29) is 0 Å². The van der Waals surface area contributed by atoms with Crippen LogP contribution >= 0.6 is 0 Å². The molecule has 2 aliphatic heterocycles. The van der Waals surface area contributed by atoms with Gasteiger partial charge in [0.2, 0.25) is 0 Å². The van der Waals surface area contributed by atoms with Crippen LogP contribution < -0.4 is 4.90 Å². The molecule has 2 aliphatic carbocycles. The van der Waals surface area contributed by atoms with Crippen LogP contribution in [0.25, 0.3) is 0 Å². The minimum atomic E-state index is 0.689. The van der Waals surface area contributed by atoms with Crippen LogP contribution in [-0.2, 0) is 19.3 Å². The third-order valence-electron chi connectivity index (χ3n) is 8.53. The summed E-state index contributed by atoms with van der Waals surface area (Å²) in [6.07, 6.45) is 9.31. The number of fused-ring (bicyclic) bond motifs is 2. The molecule has 1 atom stereocenters. The number of likely N-dealkylation sites (N-methyl/N-ethyl adjacent to an activating group) is 2. The van der Waals surface area contributed by atoms with Gasteiger partial charge in [-0.2, -0.15) is 0 Å². The molecular formula is C32H50N4. The third kappa shape index (κ3) is 6.70. The summed E-state index contributed by atoms with van der Waals surface area (Å²) in [6, 6.07) is 16.6. The summed E-state index contributed by atoms with van der Waals surface area (Å²) in [5.41, 5.74) is 7.96. The van der Waals surface area contributed by atoms with Crippen LogP contribution in [0.2, 0.25) is 0 Å². The standard InChI is InChI=1S/2C15H22N2.C2H6/c2*1-16-9-11-17(12-10-16)15-8-4-6-13-5-2-3-7-14(13)15;1-2/h4,6,8H,2-3,5,7,9-12H2,1H3;2-3,5,7,15H,4,6,8-12H2,1H3;1-2H3. The molecule has 36 heavy (non-hydrogen) atoms. The quantitative estimate of drug-likeness (QED) is 0.539. The molecule has 4 nitrogen and oxygen atoms in total. The Bertz CT molecular complexity index is 926. The fourth-order valence-corrected chi connectivity index (χ4v) is 6.35. The molecule has 0 amide bonds. The highest BCUT2D eigenvalue weighted by Gasteiger charge is 2.27. The van der Waals surface area contributed by atoms with Crippen molar-refractivity contribution >= 4 is 5.69 Å². The van der Waals surface area contributed by atoms with Crippen LogP contribution in [-0.4, -0.2) is 81.2 Å². The van der Waals surface area contributed by atoms with Gasteiger partial charge in [0.25, 0.3) is 0 Å². The Morgan fingerprint density at radius 3 is 1.97 bits per heavy atom. The SMILES string of the molecule is CC.CN1CCN(C2CCCc3ccccc32)CC1.CN1CCN(c2cccc3c2CCCC3)CC1. The maximum absolute atomic E-state index is 2.69. The van der Waals surface area contributed by atoms with Gasteiger partial charge in [0.15, 0.2) is 0 Å². The first-order valence-electron chi connectivity index (χ1n) is 14.7. The highest BCUT2D eigenvalue weighted by molar-refractivity contribution is 5.58. The minimum absolute atomic E-state index is 0.689. The van der Waals surface area contributed by atoms with E-state index in [1.165, 1.54) is 103 Å². The first-order chi connectivity index (χ1) is 17.7.